The smallest absolute Gasteiger partial charge is 0.318 e. The Morgan fingerprint density at radius 2 is 1.58 bits per heavy atom. The lowest BCUT2D eigenvalue weighted by Gasteiger charge is -2.18. The predicted octanol–water partition coefficient (Wildman–Crippen LogP) is 4.63. The molecular formula is C21H17ClO4. The van der Waals surface area contributed by atoms with Gasteiger partial charge in [0.15, 0.2) is 0 Å². The van der Waals surface area contributed by atoms with E-state index in [-0.39, 0.29) is 23.1 Å². The fourth-order valence-corrected chi connectivity index (χ4v) is 2.84. The zero-order valence-corrected chi connectivity index (χ0v) is 14.6. The summed E-state index contributed by atoms with van der Waals surface area (Å²) < 4.78 is 5.49. The molecule has 132 valence electrons. The summed E-state index contributed by atoms with van der Waals surface area (Å²) in [6, 6.07) is 20.3. The zero-order valence-electron chi connectivity index (χ0n) is 13.8. The Morgan fingerprint density at radius 1 is 0.923 bits per heavy atom. The molecule has 0 saturated heterocycles. The van der Waals surface area contributed by atoms with Crippen LogP contribution in [-0.2, 0) is 16.1 Å². The van der Waals surface area contributed by atoms with E-state index in [4.69, 9.17) is 16.3 Å². The Morgan fingerprint density at radius 3 is 2.23 bits per heavy atom. The molecule has 0 saturated carbocycles. The first-order valence-corrected chi connectivity index (χ1v) is 8.40. The van der Waals surface area contributed by atoms with E-state index in [9.17, 15) is 15.0 Å². The minimum absolute atomic E-state index is 0.0578. The van der Waals surface area contributed by atoms with Gasteiger partial charge >= 0.3 is 5.97 Å². The molecule has 0 bridgehead atoms. The third-order valence-electron chi connectivity index (χ3n) is 3.99. The van der Waals surface area contributed by atoms with Gasteiger partial charge in [0.05, 0.1) is 5.02 Å². The first-order valence-electron chi connectivity index (χ1n) is 8.02. The van der Waals surface area contributed by atoms with Crippen molar-refractivity contribution in [1.29, 1.82) is 0 Å². The maximum Gasteiger partial charge on any atom is 0.318 e. The van der Waals surface area contributed by atoms with E-state index in [1.54, 1.807) is 18.2 Å². The predicted molar refractivity (Wildman–Crippen MR) is 99.3 cm³/mol. The molecule has 0 aromatic heterocycles. The molecule has 0 heterocycles. The number of benzene rings is 3. The van der Waals surface area contributed by atoms with Gasteiger partial charge in [-0.05, 0) is 41.0 Å². The Hall–Kier alpha value is -2.98. The zero-order chi connectivity index (χ0) is 18.5. The third kappa shape index (κ3) is 4.16. The molecule has 4 nitrogen and oxygen atoms in total. The van der Waals surface area contributed by atoms with E-state index in [2.05, 4.69) is 0 Å². The van der Waals surface area contributed by atoms with Crippen LogP contribution < -0.4 is 0 Å². The molecule has 26 heavy (non-hydrogen) atoms. The monoisotopic (exact) mass is 368 g/mol. The van der Waals surface area contributed by atoms with Gasteiger partial charge in [-0.25, -0.2) is 0 Å². The van der Waals surface area contributed by atoms with E-state index in [0.29, 0.717) is 11.1 Å². The van der Waals surface area contributed by atoms with Crippen molar-refractivity contribution in [3.8, 4) is 11.5 Å². The molecule has 2 N–H and O–H groups in total. The molecule has 0 amide bonds. The molecule has 0 fully saturated rings. The van der Waals surface area contributed by atoms with Crippen molar-refractivity contribution >= 4 is 17.6 Å². The second kappa shape index (κ2) is 7.93. The van der Waals surface area contributed by atoms with Crippen LogP contribution in [0.2, 0.25) is 5.02 Å². The Labute approximate surface area is 156 Å². The van der Waals surface area contributed by atoms with Crippen LogP contribution in [-0.4, -0.2) is 16.2 Å². The van der Waals surface area contributed by atoms with Crippen molar-refractivity contribution < 1.29 is 19.7 Å². The molecular weight excluding hydrogens is 352 g/mol. The minimum atomic E-state index is -0.725. The maximum atomic E-state index is 12.8. The number of rotatable bonds is 5. The molecule has 1 unspecified atom stereocenters. The lowest BCUT2D eigenvalue weighted by atomic mass is 9.91. The van der Waals surface area contributed by atoms with Crippen LogP contribution in [0.15, 0.2) is 72.8 Å². The van der Waals surface area contributed by atoms with Gasteiger partial charge in [0.1, 0.15) is 24.0 Å². The number of hydrogen-bond donors (Lipinski definition) is 2. The third-order valence-corrected chi connectivity index (χ3v) is 4.29. The van der Waals surface area contributed by atoms with Gasteiger partial charge in [-0.15, -0.1) is 0 Å². The van der Waals surface area contributed by atoms with Crippen LogP contribution in [0.3, 0.4) is 0 Å². The summed E-state index contributed by atoms with van der Waals surface area (Å²) in [4.78, 5) is 12.8. The second-order valence-corrected chi connectivity index (χ2v) is 6.24. The van der Waals surface area contributed by atoms with Crippen molar-refractivity contribution in [2.45, 2.75) is 12.5 Å². The van der Waals surface area contributed by atoms with Gasteiger partial charge in [-0.2, -0.15) is 0 Å². The highest BCUT2D eigenvalue weighted by Crippen LogP contribution is 2.32. The molecule has 0 aliphatic rings. The van der Waals surface area contributed by atoms with E-state index >= 15 is 0 Å². The Balaban J connectivity index is 1.90. The van der Waals surface area contributed by atoms with Crippen LogP contribution in [0.5, 0.6) is 11.5 Å². The lowest BCUT2D eigenvalue weighted by molar-refractivity contribution is -0.145. The Kier molecular flexibility index (Phi) is 5.44. The van der Waals surface area contributed by atoms with Gasteiger partial charge in [0, 0.05) is 0 Å². The van der Waals surface area contributed by atoms with Crippen LogP contribution in [0.4, 0.5) is 0 Å². The van der Waals surface area contributed by atoms with E-state index in [1.807, 2.05) is 30.3 Å². The molecule has 0 aliphatic heterocycles. The SMILES string of the molecule is O=C(OCc1ccccc1)C(c1ccc(O)cc1)c1ccc(O)c(Cl)c1. The van der Waals surface area contributed by atoms with Crippen molar-refractivity contribution in [2.24, 2.45) is 0 Å². The van der Waals surface area contributed by atoms with E-state index in [0.717, 1.165) is 5.56 Å². The first kappa shape index (κ1) is 17.8. The number of carbonyl (C=O) groups excluding carboxylic acids is 1. The van der Waals surface area contributed by atoms with Crippen LogP contribution in [0.1, 0.15) is 22.6 Å². The summed E-state index contributed by atoms with van der Waals surface area (Å²) in [6.07, 6.45) is 0. The van der Waals surface area contributed by atoms with Gasteiger partial charge < -0.3 is 14.9 Å². The number of halogens is 1. The fraction of sp³-hybridized carbons (Fsp3) is 0.0952. The standard InChI is InChI=1S/C21H17ClO4/c22-18-12-16(8-11-19(18)24)20(15-6-9-17(23)10-7-15)21(25)26-13-14-4-2-1-3-5-14/h1-12,20,23-24H,13H2. The second-order valence-electron chi connectivity index (χ2n) is 5.83. The van der Waals surface area contributed by atoms with E-state index < -0.39 is 11.9 Å². The van der Waals surface area contributed by atoms with Crippen molar-refractivity contribution in [3.63, 3.8) is 0 Å². The highest BCUT2D eigenvalue weighted by molar-refractivity contribution is 6.32. The quantitative estimate of drug-likeness (QED) is 0.644. The van der Waals surface area contributed by atoms with Gasteiger partial charge in [-0.1, -0.05) is 60.1 Å². The largest absolute Gasteiger partial charge is 0.508 e. The molecule has 1 atom stereocenters. The molecule has 3 aromatic rings. The number of phenols is 2. The topological polar surface area (TPSA) is 66.8 Å². The molecule has 0 spiro atoms. The van der Waals surface area contributed by atoms with Crippen molar-refractivity contribution in [1.82, 2.24) is 0 Å². The summed E-state index contributed by atoms with van der Waals surface area (Å²) in [6.45, 7) is 0.153. The maximum absolute atomic E-state index is 12.8. The normalized spacial score (nSPS) is 11.7. The average Bonchev–Trinajstić information content (AvgIpc) is 2.65. The highest BCUT2D eigenvalue weighted by Gasteiger charge is 2.25. The first-order chi connectivity index (χ1) is 12.5. The summed E-state index contributed by atoms with van der Waals surface area (Å²) in [5, 5.41) is 19.3. The van der Waals surface area contributed by atoms with Gasteiger partial charge in [0.2, 0.25) is 0 Å². The fourth-order valence-electron chi connectivity index (χ4n) is 2.65. The number of carbonyl (C=O) groups is 1. The molecule has 0 radical (unpaired) electrons. The Bertz CT molecular complexity index is 892. The summed E-state index contributed by atoms with van der Waals surface area (Å²) in [5.41, 5.74) is 2.13. The van der Waals surface area contributed by atoms with Crippen molar-refractivity contribution in [3.05, 3.63) is 94.5 Å². The number of aromatic hydroxyl groups is 2. The molecule has 3 rings (SSSR count). The van der Waals surface area contributed by atoms with Crippen LogP contribution >= 0.6 is 11.6 Å². The summed E-state index contributed by atoms with van der Waals surface area (Å²) >= 11 is 6.01. The molecule has 0 aliphatic carbocycles. The number of ether oxygens (including phenoxy) is 1. The van der Waals surface area contributed by atoms with Crippen molar-refractivity contribution in [2.75, 3.05) is 0 Å². The summed E-state index contributed by atoms with van der Waals surface area (Å²) in [7, 11) is 0. The minimum Gasteiger partial charge on any atom is -0.508 e. The number of esters is 1. The highest BCUT2D eigenvalue weighted by atomic mass is 35.5. The molecule has 3 aromatic carbocycles. The lowest BCUT2D eigenvalue weighted by Crippen LogP contribution is -2.17. The summed E-state index contributed by atoms with van der Waals surface area (Å²) in [5.74, 6) is -1.12. The average molecular weight is 369 g/mol. The van der Waals surface area contributed by atoms with Crippen LogP contribution in [0, 0.1) is 0 Å². The van der Waals surface area contributed by atoms with Gasteiger partial charge in [0.25, 0.3) is 0 Å². The van der Waals surface area contributed by atoms with Gasteiger partial charge in [-0.3, -0.25) is 4.79 Å². The van der Waals surface area contributed by atoms with Crippen LogP contribution in [0.25, 0.3) is 0 Å². The van der Waals surface area contributed by atoms with E-state index in [1.165, 1.54) is 24.3 Å². The number of phenolic OH excluding ortho intramolecular Hbond substituents is 2. The molecule has 5 heteroatoms. The number of hydrogen-bond acceptors (Lipinski definition) is 4.